The molecule has 0 saturated heterocycles. The van der Waals surface area contributed by atoms with Crippen molar-refractivity contribution in [1.29, 1.82) is 0 Å². The number of carbonyl (C=O) groups excluding carboxylic acids is 1. The number of nitrogens with zero attached hydrogens (tertiary/aromatic N) is 2. The van der Waals surface area contributed by atoms with Crippen LogP contribution in [0.5, 0.6) is 0 Å². The molecule has 5 nitrogen and oxygen atoms in total. The van der Waals surface area contributed by atoms with Crippen molar-refractivity contribution in [3.8, 4) is 0 Å². The lowest BCUT2D eigenvalue weighted by Crippen LogP contribution is -2.12. The molecular weight excluding hydrogens is 284 g/mol. The lowest BCUT2D eigenvalue weighted by Gasteiger charge is -2.02. The highest BCUT2D eigenvalue weighted by Crippen LogP contribution is 2.20. The van der Waals surface area contributed by atoms with E-state index in [1.54, 1.807) is 24.3 Å². The monoisotopic (exact) mass is 296 g/mol. The zero-order valence-electron chi connectivity index (χ0n) is 10.1. The van der Waals surface area contributed by atoms with Crippen molar-refractivity contribution in [2.75, 3.05) is 11.9 Å². The summed E-state index contributed by atoms with van der Waals surface area (Å²) in [5.74, 6) is -0.285. The Labute approximate surface area is 119 Å². The molecule has 1 amide bonds. The molecule has 0 saturated carbocycles. The highest BCUT2D eigenvalue weighted by molar-refractivity contribution is 7.15. The smallest absolute Gasteiger partial charge is 0.259 e. The van der Waals surface area contributed by atoms with E-state index in [9.17, 15) is 4.79 Å². The molecule has 0 aliphatic rings. The number of aryl methyl sites for hydroxylation is 1. The molecule has 0 unspecified atom stereocenters. The van der Waals surface area contributed by atoms with E-state index < -0.39 is 0 Å². The maximum absolute atomic E-state index is 12.0. The average Bonchev–Trinajstić information content (AvgIpc) is 2.84. The highest BCUT2D eigenvalue weighted by Gasteiger charge is 2.12. The summed E-state index contributed by atoms with van der Waals surface area (Å²) in [6.45, 7) is 0.612. The van der Waals surface area contributed by atoms with Crippen molar-refractivity contribution in [2.24, 2.45) is 5.73 Å². The van der Waals surface area contributed by atoms with Gasteiger partial charge in [0.2, 0.25) is 5.13 Å². The van der Waals surface area contributed by atoms with Gasteiger partial charge < -0.3 is 5.73 Å². The van der Waals surface area contributed by atoms with Crippen molar-refractivity contribution >= 4 is 34.0 Å². The Hall–Kier alpha value is -1.50. The van der Waals surface area contributed by atoms with Crippen LogP contribution in [0.15, 0.2) is 24.3 Å². The first-order valence-corrected chi connectivity index (χ1v) is 6.98. The Morgan fingerprint density at radius 1 is 1.37 bits per heavy atom. The summed E-state index contributed by atoms with van der Waals surface area (Å²) in [6.07, 6.45) is 1.63. The summed E-state index contributed by atoms with van der Waals surface area (Å²) in [5, 5.41) is 12.3. The summed E-state index contributed by atoms with van der Waals surface area (Å²) in [6, 6.07) is 6.86. The maximum atomic E-state index is 12.0. The molecule has 0 aliphatic carbocycles. The number of carbonyl (C=O) groups is 1. The molecule has 100 valence electrons. The minimum Gasteiger partial charge on any atom is -0.330 e. The van der Waals surface area contributed by atoms with Crippen LogP contribution >= 0.6 is 22.9 Å². The summed E-state index contributed by atoms with van der Waals surface area (Å²) in [7, 11) is 0. The predicted octanol–water partition coefficient (Wildman–Crippen LogP) is 2.34. The molecule has 0 aliphatic heterocycles. The number of rotatable bonds is 5. The first-order chi connectivity index (χ1) is 9.20. The second-order valence-corrected chi connectivity index (χ2v) is 5.30. The van der Waals surface area contributed by atoms with E-state index in [-0.39, 0.29) is 5.91 Å². The normalized spacial score (nSPS) is 10.4. The molecule has 0 spiro atoms. The van der Waals surface area contributed by atoms with E-state index in [4.69, 9.17) is 17.3 Å². The van der Waals surface area contributed by atoms with Gasteiger partial charge in [0, 0.05) is 6.42 Å². The van der Waals surface area contributed by atoms with Gasteiger partial charge in [-0.1, -0.05) is 35.1 Å². The van der Waals surface area contributed by atoms with Gasteiger partial charge in [0.25, 0.3) is 5.91 Å². The minimum absolute atomic E-state index is 0.285. The van der Waals surface area contributed by atoms with Gasteiger partial charge in [-0.05, 0) is 25.1 Å². The standard InChI is InChI=1S/C12H13ClN4OS/c13-9-5-2-1-4-8(9)11(18)15-12-17-16-10(19-12)6-3-7-14/h1-2,4-5H,3,6-7,14H2,(H,15,17,18). The number of hydrogen-bond acceptors (Lipinski definition) is 5. The zero-order valence-corrected chi connectivity index (χ0v) is 11.7. The number of hydrogen-bond donors (Lipinski definition) is 2. The lowest BCUT2D eigenvalue weighted by atomic mass is 10.2. The Bertz CT molecular complexity index is 572. The van der Waals surface area contributed by atoms with Crippen LogP contribution in [0.25, 0.3) is 0 Å². The van der Waals surface area contributed by atoms with Gasteiger partial charge >= 0.3 is 0 Å². The predicted molar refractivity (Wildman–Crippen MR) is 76.7 cm³/mol. The molecular formula is C12H13ClN4OS. The van der Waals surface area contributed by atoms with Crippen molar-refractivity contribution in [3.05, 3.63) is 39.9 Å². The number of halogens is 1. The Kier molecular flexibility index (Phi) is 4.84. The van der Waals surface area contributed by atoms with E-state index in [0.29, 0.717) is 22.3 Å². The van der Waals surface area contributed by atoms with Gasteiger partial charge in [0.15, 0.2) is 0 Å². The minimum atomic E-state index is -0.285. The van der Waals surface area contributed by atoms with Crippen molar-refractivity contribution < 1.29 is 4.79 Å². The van der Waals surface area contributed by atoms with Crippen LogP contribution in [-0.4, -0.2) is 22.6 Å². The Morgan fingerprint density at radius 3 is 2.89 bits per heavy atom. The van der Waals surface area contributed by atoms with Crippen LogP contribution in [0.2, 0.25) is 5.02 Å². The fourth-order valence-electron chi connectivity index (χ4n) is 1.47. The molecule has 7 heteroatoms. The molecule has 0 atom stereocenters. The summed E-state index contributed by atoms with van der Waals surface area (Å²) >= 11 is 7.30. The van der Waals surface area contributed by atoms with Gasteiger partial charge in [-0.15, -0.1) is 10.2 Å². The van der Waals surface area contributed by atoms with Crippen LogP contribution in [-0.2, 0) is 6.42 Å². The van der Waals surface area contributed by atoms with E-state index in [1.807, 2.05) is 0 Å². The Morgan fingerprint density at radius 2 is 2.16 bits per heavy atom. The van der Waals surface area contributed by atoms with Gasteiger partial charge in [-0.3, -0.25) is 10.1 Å². The first-order valence-electron chi connectivity index (χ1n) is 5.79. The topological polar surface area (TPSA) is 80.9 Å². The Balaban J connectivity index is 2.03. The molecule has 19 heavy (non-hydrogen) atoms. The van der Waals surface area contributed by atoms with Crippen LogP contribution in [0.1, 0.15) is 21.8 Å². The highest BCUT2D eigenvalue weighted by atomic mass is 35.5. The molecule has 2 rings (SSSR count). The summed E-state index contributed by atoms with van der Waals surface area (Å²) < 4.78 is 0. The first kappa shape index (κ1) is 13.9. The molecule has 2 aromatic rings. The number of anilines is 1. The lowest BCUT2D eigenvalue weighted by molar-refractivity contribution is 0.102. The molecule has 0 radical (unpaired) electrons. The molecule has 1 aromatic heterocycles. The van der Waals surface area contributed by atoms with E-state index in [2.05, 4.69) is 15.5 Å². The second kappa shape index (κ2) is 6.60. The number of aromatic nitrogens is 2. The van der Waals surface area contributed by atoms with E-state index in [1.165, 1.54) is 11.3 Å². The van der Waals surface area contributed by atoms with Crippen LogP contribution < -0.4 is 11.1 Å². The van der Waals surface area contributed by atoms with Gasteiger partial charge in [0.1, 0.15) is 5.01 Å². The molecule has 1 aromatic carbocycles. The summed E-state index contributed by atoms with van der Waals surface area (Å²) in [5.41, 5.74) is 5.85. The van der Waals surface area contributed by atoms with E-state index >= 15 is 0 Å². The SMILES string of the molecule is NCCCc1nnc(NC(=O)c2ccccc2Cl)s1. The molecule has 0 fully saturated rings. The third-order valence-corrected chi connectivity index (χ3v) is 3.63. The number of nitrogens with two attached hydrogens (primary N) is 1. The zero-order chi connectivity index (χ0) is 13.7. The van der Waals surface area contributed by atoms with Crippen LogP contribution in [0.4, 0.5) is 5.13 Å². The van der Waals surface area contributed by atoms with Crippen LogP contribution in [0.3, 0.4) is 0 Å². The molecule has 3 N–H and O–H groups in total. The van der Waals surface area contributed by atoms with Crippen molar-refractivity contribution in [1.82, 2.24) is 10.2 Å². The number of benzene rings is 1. The fraction of sp³-hybridized carbons (Fsp3) is 0.250. The molecule has 1 heterocycles. The van der Waals surface area contributed by atoms with Crippen molar-refractivity contribution in [3.63, 3.8) is 0 Å². The number of amides is 1. The fourth-order valence-corrected chi connectivity index (χ4v) is 2.47. The summed E-state index contributed by atoms with van der Waals surface area (Å²) in [4.78, 5) is 12.0. The molecule has 0 bridgehead atoms. The van der Waals surface area contributed by atoms with Crippen molar-refractivity contribution in [2.45, 2.75) is 12.8 Å². The third-order valence-electron chi connectivity index (χ3n) is 2.40. The second-order valence-electron chi connectivity index (χ2n) is 3.83. The van der Waals surface area contributed by atoms with Crippen LogP contribution in [0, 0.1) is 0 Å². The van der Waals surface area contributed by atoms with Gasteiger partial charge in [0.05, 0.1) is 10.6 Å². The number of nitrogens with one attached hydrogen (secondary N) is 1. The van der Waals surface area contributed by atoms with Gasteiger partial charge in [-0.25, -0.2) is 0 Å². The third kappa shape index (κ3) is 3.73. The average molecular weight is 297 g/mol. The van der Waals surface area contributed by atoms with Gasteiger partial charge in [-0.2, -0.15) is 0 Å². The maximum Gasteiger partial charge on any atom is 0.259 e. The quantitative estimate of drug-likeness (QED) is 0.887. The largest absolute Gasteiger partial charge is 0.330 e. The van der Waals surface area contributed by atoms with E-state index in [0.717, 1.165) is 17.8 Å².